The molecule has 4 rings (SSSR count). The van der Waals surface area contributed by atoms with Gasteiger partial charge in [-0.1, -0.05) is 11.6 Å². The van der Waals surface area contributed by atoms with Gasteiger partial charge in [-0.3, -0.25) is 15.3 Å². The van der Waals surface area contributed by atoms with Gasteiger partial charge in [0.25, 0.3) is 0 Å². The first-order chi connectivity index (χ1) is 12.1. The fraction of sp³-hybridized carbons (Fsp3) is 0.471. The number of hydrogen-bond acceptors (Lipinski definition) is 5. The van der Waals surface area contributed by atoms with Crippen molar-refractivity contribution in [3.63, 3.8) is 0 Å². The number of nitrogens with two attached hydrogens (primary N) is 1. The fourth-order valence-corrected chi connectivity index (χ4v) is 4.01. The maximum absolute atomic E-state index is 14.1. The Hall–Kier alpha value is -1.83. The predicted molar refractivity (Wildman–Crippen MR) is 96.8 cm³/mol. The monoisotopic (exact) mass is 364 g/mol. The minimum absolute atomic E-state index is 0.0389. The van der Waals surface area contributed by atoms with E-state index >= 15 is 0 Å². The lowest BCUT2D eigenvalue weighted by Gasteiger charge is -2.37. The Kier molecular flexibility index (Phi) is 4.31. The van der Waals surface area contributed by atoms with Crippen molar-refractivity contribution in [1.29, 1.82) is 0 Å². The molecule has 2 aromatic rings. The molecule has 2 unspecified atom stereocenters. The first kappa shape index (κ1) is 16.6. The van der Waals surface area contributed by atoms with Crippen molar-refractivity contribution in [2.45, 2.75) is 32.0 Å². The van der Waals surface area contributed by atoms with Crippen molar-refractivity contribution in [2.24, 2.45) is 5.84 Å². The Labute approximate surface area is 151 Å². The van der Waals surface area contributed by atoms with Crippen molar-refractivity contribution in [3.8, 4) is 0 Å². The Morgan fingerprint density at radius 2 is 2.28 bits per heavy atom. The molecule has 0 bridgehead atoms. The zero-order chi connectivity index (χ0) is 17.6. The third kappa shape index (κ3) is 2.86. The van der Waals surface area contributed by atoms with E-state index in [2.05, 4.69) is 16.8 Å². The Morgan fingerprint density at radius 3 is 3.00 bits per heavy atom. The van der Waals surface area contributed by atoms with Crippen LogP contribution < -0.4 is 10.7 Å². The number of halogens is 2. The molecule has 134 valence electrons. The van der Waals surface area contributed by atoms with Gasteiger partial charge in [0.15, 0.2) is 0 Å². The molecular formula is C17H22ClFN6. The van der Waals surface area contributed by atoms with Gasteiger partial charge in [-0.2, -0.15) is 5.12 Å². The molecule has 2 N–H and O–H groups in total. The van der Waals surface area contributed by atoms with Crippen LogP contribution in [0.5, 0.6) is 0 Å². The molecule has 1 fully saturated rings. The molecule has 6 nitrogen and oxygen atoms in total. The van der Waals surface area contributed by atoms with E-state index < -0.39 is 6.17 Å². The van der Waals surface area contributed by atoms with E-state index in [9.17, 15) is 4.39 Å². The summed E-state index contributed by atoms with van der Waals surface area (Å²) in [6, 6.07) is 1.92. The molecule has 0 saturated carbocycles. The van der Waals surface area contributed by atoms with Gasteiger partial charge in [-0.05, 0) is 31.9 Å². The van der Waals surface area contributed by atoms with E-state index in [0.29, 0.717) is 24.5 Å². The Balaban J connectivity index is 1.84. The summed E-state index contributed by atoms with van der Waals surface area (Å²) in [5, 5.41) is 4.26. The van der Waals surface area contributed by atoms with Gasteiger partial charge in [0.1, 0.15) is 18.3 Å². The topological polar surface area (TPSA) is 53.0 Å². The summed E-state index contributed by atoms with van der Waals surface area (Å²) >= 11 is 6.50. The average Bonchev–Trinajstić information content (AvgIpc) is 3.23. The molecule has 2 aromatic heterocycles. The van der Waals surface area contributed by atoms with Crippen LogP contribution in [-0.4, -0.2) is 45.3 Å². The summed E-state index contributed by atoms with van der Waals surface area (Å²) in [6.45, 7) is 3.94. The Morgan fingerprint density at radius 1 is 1.44 bits per heavy atom. The van der Waals surface area contributed by atoms with Crippen molar-refractivity contribution in [2.75, 3.05) is 24.5 Å². The van der Waals surface area contributed by atoms with Crippen LogP contribution in [0.4, 0.5) is 10.2 Å². The first-order valence-corrected chi connectivity index (χ1v) is 8.94. The number of piperidine rings is 1. The number of aromatic nitrogens is 2. The molecular weight excluding hydrogens is 343 g/mol. The van der Waals surface area contributed by atoms with E-state index in [-0.39, 0.29) is 6.04 Å². The van der Waals surface area contributed by atoms with Gasteiger partial charge >= 0.3 is 0 Å². The molecule has 0 aliphatic carbocycles. The summed E-state index contributed by atoms with van der Waals surface area (Å²) in [7, 11) is 0. The minimum atomic E-state index is -0.816. The van der Waals surface area contributed by atoms with Gasteiger partial charge in [0.05, 0.1) is 35.9 Å². The van der Waals surface area contributed by atoms with Crippen LogP contribution in [0.3, 0.4) is 0 Å². The number of fused-ring (bicyclic) bond motifs is 1. The van der Waals surface area contributed by atoms with E-state index in [1.807, 2.05) is 27.8 Å². The number of hydrazine groups is 2. The summed E-state index contributed by atoms with van der Waals surface area (Å²) in [6.07, 6.45) is 8.09. The zero-order valence-corrected chi connectivity index (χ0v) is 14.9. The molecule has 1 saturated heterocycles. The quantitative estimate of drug-likeness (QED) is 0.849. The maximum Gasteiger partial charge on any atom is 0.120 e. The average molecular weight is 365 g/mol. The normalized spacial score (nSPS) is 23.0. The lowest BCUT2D eigenvalue weighted by molar-refractivity contribution is 0.0158. The van der Waals surface area contributed by atoms with Crippen LogP contribution in [0.25, 0.3) is 5.52 Å². The fourth-order valence-electron chi connectivity index (χ4n) is 3.75. The van der Waals surface area contributed by atoms with Crippen molar-refractivity contribution < 1.29 is 4.39 Å². The van der Waals surface area contributed by atoms with Gasteiger partial charge in [0.2, 0.25) is 0 Å². The summed E-state index contributed by atoms with van der Waals surface area (Å²) in [5.74, 6) is 7.01. The second-order valence-corrected chi connectivity index (χ2v) is 7.08. The van der Waals surface area contributed by atoms with Crippen LogP contribution in [0.15, 0.2) is 30.9 Å². The smallest absolute Gasteiger partial charge is 0.120 e. The molecule has 0 aromatic carbocycles. The summed E-state index contributed by atoms with van der Waals surface area (Å²) in [5.41, 5.74) is 1.83. The van der Waals surface area contributed by atoms with Crippen LogP contribution >= 0.6 is 11.6 Å². The molecule has 0 spiro atoms. The largest absolute Gasteiger partial charge is 0.354 e. The van der Waals surface area contributed by atoms with Gasteiger partial charge < -0.3 is 4.90 Å². The molecule has 0 amide bonds. The number of alkyl halides is 1. The third-order valence-corrected chi connectivity index (χ3v) is 5.31. The first-order valence-electron chi connectivity index (χ1n) is 8.57. The molecule has 2 aliphatic heterocycles. The van der Waals surface area contributed by atoms with Crippen molar-refractivity contribution in [1.82, 2.24) is 19.5 Å². The highest BCUT2D eigenvalue weighted by Crippen LogP contribution is 2.37. The van der Waals surface area contributed by atoms with Crippen molar-refractivity contribution >= 4 is 22.9 Å². The number of imidazole rings is 1. The van der Waals surface area contributed by atoms with Gasteiger partial charge in [-0.15, -0.1) is 0 Å². The van der Waals surface area contributed by atoms with Crippen LogP contribution in [-0.2, 0) is 0 Å². The SMILES string of the molecule is CC(c1cc(Cl)c2cncn2c1N1CCCC(F)C1)N1C=CCN1N. The summed E-state index contributed by atoms with van der Waals surface area (Å²) < 4.78 is 16.0. The predicted octanol–water partition coefficient (Wildman–Crippen LogP) is 2.91. The van der Waals surface area contributed by atoms with E-state index in [1.165, 1.54) is 0 Å². The van der Waals surface area contributed by atoms with E-state index in [4.69, 9.17) is 17.4 Å². The molecule has 8 heteroatoms. The number of rotatable bonds is 3. The third-order valence-electron chi connectivity index (χ3n) is 5.01. The molecule has 2 atom stereocenters. The second kappa shape index (κ2) is 6.48. The number of pyridine rings is 1. The number of hydrogen-bond donors (Lipinski definition) is 1. The standard InChI is InChI=1S/C17H22ClFN6/c1-12(24-6-3-7-25(24)20)14-8-15(18)16-9-21-11-23(16)17(14)22-5-2-4-13(19)10-22/h3,6,8-9,11-13H,2,4-5,7,10,20H2,1H3. The Bertz CT molecular complexity index is 806. The number of nitrogens with zero attached hydrogens (tertiary/aromatic N) is 5. The molecule has 0 radical (unpaired) electrons. The van der Waals surface area contributed by atoms with Crippen LogP contribution in [0.2, 0.25) is 5.02 Å². The molecule has 2 aliphatic rings. The lowest BCUT2D eigenvalue weighted by atomic mass is 10.0. The van der Waals surface area contributed by atoms with Gasteiger partial charge in [-0.25, -0.2) is 9.37 Å². The van der Waals surface area contributed by atoms with E-state index in [1.54, 1.807) is 17.6 Å². The summed E-state index contributed by atoms with van der Waals surface area (Å²) in [4.78, 5) is 6.35. The molecule has 25 heavy (non-hydrogen) atoms. The second-order valence-electron chi connectivity index (χ2n) is 6.67. The minimum Gasteiger partial charge on any atom is -0.354 e. The van der Waals surface area contributed by atoms with Gasteiger partial charge in [0, 0.05) is 18.3 Å². The molecule has 4 heterocycles. The van der Waals surface area contributed by atoms with Crippen molar-refractivity contribution in [3.05, 3.63) is 41.5 Å². The van der Waals surface area contributed by atoms with Crippen LogP contribution in [0, 0.1) is 0 Å². The van der Waals surface area contributed by atoms with Crippen LogP contribution in [0.1, 0.15) is 31.4 Å². The zero-order valence-electron chi connectivity index (χ0n) is 14.1. The maximum atomic E-state index is 14.1. The highest BCUT2D eigenvalue weighted by Gasteiger charge is 2.29. The lowest BCUT2D eigenvalue weighted by Crippen LogP contribution is -2.43. The highest BCUT2D eigenvalue weighted by molar-refractivity contribution is 6.34. The number of anilines is 1. The highest BCUT2D eigenvalue weighted by atomic mass is 35.5. The van der Waals surface area contributed by atoms with E-state index in [0.717, 1.165) is 29.9 Å².